The van der Waals surface area contributed by atoms with Crippen LogP contribution in [-0.4, -0.2) is 26.4 Å². The van der Waals surface area contributed by atoms with E-state index in [4.69, 9.17) is 11.6 Å². The summed E-state index contributed by atoms with van der Waals surface area (Å²) in [6, 6.07) is 19.8. The molecule has 4 rings (SSSR count). The van der Waals surface area contributed by atoms with E-state index in [0.717, 1.165) is 17.4 Å². The third-order valence-corrected chi connectivity index (χ3v) is 5.54. The largest absolute Gasteiger partial charge is 0.323 e. The van der Waals surface area contributed by atoms with Crippen LogP contribution in [0.4, 0.5) is 14.5 Å². The molecule has 0 fully saturated rings. The van der Waals surface area contributed by atoms with Gasteiger partial charge in [0.15, 0.2) is 16.8 Å². The van der Waals surface area contributed by atoms with Gasteiger partial charge < -0.3 is 5.32 Å². The highest BCUT2D eigenvalue weighted by Crippen LogP contribution is 2.29. The number of rotatable bonds is 6. The summed E-state index contributed by atoms with van der Waals surface area (Å²) in [4.78, 5) is 12.4. The van der Waals surface area contributed by atoms with Crippen LogP contribution >= 0.6 is 23.4 Å². The SMILES string of the molecule is O=C(CSc1nnc(-c2ccccc2F)n1-c1ccccc1)Nc1cccc(Cl)c1F. The van der Waals surface area contributed by atoms with E-state index < -0.39 is 17.5 Å². The fourth-order valence-electron chi connectivity index (χ4n) is 2.91. The van der Waals surface area contributed by atoms with Gasteiger partial charge in [0.05, 0.1) is 22.0 Å². The van der Waals surface area contributed by atoms with Crippen LogP contribution in [0.15, 0.2) is 78.0 Å². The first-order valence-corrected chi connectivity index (χ1v) is 10.5. The van der Waals surface area contributed by atoms with Crippen molar-refractivity contribution in [1.82, 2.24) is 14.8 Å². The van der Waals surface area contributed by atoms with Gasteiger partial charge in [0.25, 0.3) is 0 Å². The van der Waals surface area contributed by atoms with Crippen molar-refractivity contribution in [1.29, 1.82) is 0 Å². The lowest BCUT2D eigenvalue weighted by atomic mass is 10.2. The topological polar surface area (TPSA) is 59.8 Å². The first-order valence-electron chi connectivity index (χ1n) is 9.17. The molecular formula is C22H15ClF2N4OS. The van der Waals surface area contributed by atoms with Gasteiger partial charge in [-0.2, -0.15) is 0 Å². The van der Waals surface area contributed by atoms with E-state index in [0.29, 0.717) is 11.0 Å². The number of halogens is 3. The number of hydrogen-bond donors (Lipinski definition) is 1. The lowest BCUT2D eigenvalue weighted by Crippen LogP contribution is -2.15. The zero-order chi connectivity index (χ0) is 21.8. The summed E-state index contributed by atoms with van der Waals surface area (Å²) in [5, 5.41) is 11.1. The molecule has 5 nitrogen and oxygen atoms in total. The van der Waals surface area contributed by atoms with Crippen LogP contribution in [0.5, 0.6) is 0 Å². The Morgan fingerprint density at radius 3 is 2.48 bits per heavy atom. The van der Waals surface area contributed by atoms with Gasteiger partial charge >= 0.3 is 0 Å². The minimum absolute atomic E-state index is 0.00493. The van der Waals surface area contributed by atoms with E-state index in [2.05, 4.69) is 15.5 Å². The van der Waals surface area contributed by atoms with Gasteiger partial charge in [-0.3, -0.25) is 9.36 Å². The quantitative estimate of drug-likeness (QED) is 0.384. The fraction of sp³-hybridized carbons (Fsp3) is 0.0455. The molecule has 0 radical (unpaired) electrons. The number of benzene rings is 3. The molecule has 0 atom stereocenters. The molecule has 0 bridgehead atoms. The van der Waals surface area contributed by atoms with Gasteiger partial charge in [-0.1, -0.05) is 59.8 Å². The molecule has 31 heavy (non-hydrogen) atoms. The number of anilines is 1. The highest BCUT2D eigenvalue weighted by atomic mass is 35.5. The van der Waals surface area contributed by atoms with Crippen LogP contribution in [0.3, 0.4) is 0 Å². The Balaban J connectivity index is 1.61. The van der Waals surface area contributed by atoms with Crippen LogP contribution < -0.4 is 5.32 Å². The number of para-hydroxylation sites is 1. The molecule has 156 valence electrons. The summed E-state index contributed by atoms with van der Waals surface area (Å²) < 4.78 is 30.1. The summed E-state index contributed by atoms with van der Waals surface area (Å²) in [5.41, 5.74) is 1.00. The van der Waals surface area contributed by atoms with Crippen LogP contribution in [0.2, 0.25) is 5.02 Å². The number of hydrogen-bond acceptors (Lipinski definition) is 4. The lowest BCUT2D eigenvalue weighted by molar-refractivity contribution is -0.113. The number of thioether (sulfide) groups is 1. The van der Waals surface area contributed by atoms with E-state index in [1.807, 2.05) is 30.3 Å². The Morgan fingerprint density at radius 1 is 0.968 bits per heavy atom. The van der Waals surface area contributed by atoms with Crippen molar-refractivity contribution in [3.8, 4) is 17.1 Å². The molecule has 1 heterocycles. The van der Waals surface area contributed by atoms with Gasteiger partial charge in [-0.05, 0) is 36.4 Å². The van der Waals surface area contributed by atoms with Crippen LogP contribution in [0.1, 0.15) is 0 Å². The van der Waals surface area contributed by atoms with Gasteiger partial charge in [-0.25, -0.2) is 8.78 Å². The standard InChI is InChI=1S/C22H15ClF2N4OS/c23-16-10-6-12-18(20(16)25)26-19(30)13-31-22-28-27-21(15-9-4-5-11-17(15)24)29(22)14-7-2-1-3-8-14/h1-12H,13H2,(H,26,30). The predicted octanol–water partition coefficient (Wildman–Crippen LogP) is 5.60. The van der Waals surface area contributed by atoms with E-state index in [1.165, 1.54) is 18.2 Å². The molecule has 0 spiro atoms. The number of nitrogens with zero attached hydrogens (tertiary/aromatic N) is 3. The van der Waals surface area contributed by atoms with E-state index in [9.17, 15) is 13.6 Å². The molecule has 0 aliphatic heterocycles. The summed E-state index contributed by atoms with van der Waals surface area (Å²) in [7, 11) is 0. The molecule has 1 aromatic heterocycles. The summed E-state index contributed by atoms with van der Waals surface area (Å²) in [6.07, 6.45) is 0. The van der Waals surface area contributed by atoms with Crippen molar-refractivity contribution in [3.63, 3.8) is 0 Å². The Labute approximate surface area is 186 Å². The molecule has 0 unspecified atom stereocenters. The highest BCUT2D eigenvalue weighted by Gasteiger charge is 2.19. The summed E-state index contributed by atoms with van der Waals surface area (Å²) >= 11 is 6.85. The molecular weight excluding hydrogens is 442 g/mol. The van der Waals surface area contributed by atoms with Crippen molar-refractivity contribution in [3.05, 3.63) is 89.5 Å². The number of nitrogens with one attached hydrogen (secondary N) is 1. The third-order valence-electron chi connectivity index (χ3n) is 4.32. The average Bonchev–Trinajstić information content (AvgIpc) is 3.20. The minimum atomic E-state index is -0.697. The molecule has 0 saturated carbocycles. The molecule has 1 amide bonds. The maximum absolute atomic E-state index is 14.4. The second kappa shape index (κ2) is 9.28. The van der Waals surface area contributed by atoms with Crippen molar-refractivity contribution < 1.29 is 13.6 Å². The maximum Gasteiger partial charge on any atom is 0.234 e. The second-order valence-electron chi connectivity index (χ2n) is 6.40. The van der Waals surface area contributed by atoms with Crippen molar-refractivity contribution >= 4 is 35.0 Å². The van der Waals surface area contributed by atoms with Crippen molar-refractivity contribution in [2.24, 2.45) is 0 Å². The molecule has 4 aromatic rings. The molecule has 0 aliphatic rings. The normalized spacial score (nSPS) is 10.8. The first-order chi connectivity index (χ1) is 15.0. The van der Waals surface area contributed by atoms with Gasteiger partial charge in [0, 0.05) is 5.69 Å². The van der Waals surface area contributed by atoms with Crippen molar-refractivity contribution in [2.45, 2.75) is 5.16 Å². The lowest BCUT2D eigenvalue weighted by Gasteiger charge is -2.11. The summed E-state index contributed by atoms with van der Waals surface area (Å²) in [6.45, 7) is 0. The van der Waals surface area contributed by atoms with Crippen LogP contribution in [0, 0.1) is 11.6 Å². The predicted molar refractivity (Wildman–Crippen MR) is 118 cm³/mol. The number of carbonyl (C=O) groups excluding carboxylic acids is 1. The second-order valence-corrected chi connectivity index (χ2v) is 7.74. The average molecular weight is 457 g/mol. The third kappa shape index (κ3) is 4.60. The van der Waals surface area contributed by atoms with Crippen LogP contribution in [0.25, 0.3) is 17.1 Å². The zero-order valence-electron chi connectivity index (χ0n) is 15.9. The Kier molecular flexibility index (Phi) is 6.29. The maximum atomic E-state index is 14.4. The van der Waals surface area contributed by atoms with E-state index in [-0.39, 0.29) is 22.0 Å². The molecule has 0 aliphatic carbocycles. The van der Waals surface area contributed by atoms with Crippen molar-refractivity contribution in [2.75, 3.05) is 11.1 Å². The number of amides is 1. The van der Waals surface area contributed by atoms with Gasteiger partial charge in [0.1, 0.15) is 5.82 Å². The van der Waals surface area contributed by atoms with E-state index in [1.54, 1.807) is 28.8 Å². The monoisotopic (exact) mass is 456 g/mol. The molecule has 1 N–H and O–H groups in total. The molecule has 0 saturated heterocycles. The zero-order valence-corrected chi connectivity index (χ0v) is 17.5. The highest BCUT2D eigenvalue weighted by molar-refractivity contribution is 7.99. The van der Waals surface area contributed by atoms with Crippen LogP contribution in [-0.2, 0) is 4.79 Å². The fourth-order valence-corrected chi connectivity index (χ4v) is 3.83. The number of carbonyl (C=O) groups is 1. The Hall–Kier alpha value is -3.23. The van der Waals surface area contributed by atoms with Gasteiger partial charge in [-0.15, -0.1) is 10.2 Å². The summed E-state index contributed by atoms with van der Waals surface area (Å²) in [5.74, 6) is -1.32. The smallest absolute Gasteiger partial charge is 0.234 e. The number of aromatic nitrogens is 3. The first kappa shape index (κ1) is 21.0. The molecule has 3 aromatic carbocycles. The Bertz CT molecular complexity index is 1230. The van der Waals surface area contributed by atoms with Gasteiger partial charge in [0.2, 0.25) is 5.91 Å². The molecule has 9 heteroatoms. The minimum Gasteiger partial charge on any atom is -0.323 e. The Morgan fingerprint density at radius 2 is 1.71 bits per heavy atom. The van der Waals surface area contributed by atoms with E-state index >= 15 is 0 Å².